The molecule has 24 heavy (non-hydrogen) atoms. The summed E-state index contributed by atoms with van der Waals surface area (Å²) >= 11 is 3.68. The molecule has 1 unspecified atom stereocenters. The Morgan fingerprint density at radius 2 is 2.33 bits per heavy atom. The van der Waals surface area contributed by atoms with Crippen LogP contribution in [0.25, 0.3) is 0 Å². The van der Waals surface area contributed by atoms with Crippen molar-refractivity contribution in [1.82, 2.24) is 9.88 Å². The fourth-order valence-electron chi connectivity index (χ4n) is 2.90. The van der Waals surface area contributed by atoms with E-state index in [2.05, 4.69) is 31.9 Å². The Balaban J connectivity index is 1.69. The SMILES string of the molecule is Cc1ncoc1COc1ccc2c(c1Br)CCN(CC(O)CN)C2. The summed E-state index contributed by atoms with van der Waals surface area (Å²) in [6.07, 6.45) is 1.87. The number of aromatic nitrogens is 1. The molecule has 0 saturated carbocycles. The van der Waals surface area contributed by atoms with E-state index in [0.29, 0.717) is 19.7 Å². The Bertz CT molecular complexity index is 704. The number of halogens is 1. The van der Waals surface area contributed by atoms with Crippen molar-refractivity contribution in [2.45, 2.75) is 32.6 Å². The molecule has 1 aromatic heterocycles. The van der Waals surface area contributed by atoms with Crippen LogP contribution in [0, 0.1) is 6.92 Å². The zero-order chi connectivity index (χ0) is 17.1. The molecule has 6 nitrogen and oxygen atoms in total. The molecular formula is C17H22BrN3O3. The maximum Gasteiger partial charge on any atom is 0.181 e. The largest absolute Gasteiger partial charge is 0.484 e. The molecule has 3 N–H and O–H groups in total. The molecule has 130 valence electrons. The first-order valence-electron chi connectivity index (χ1n) is 8.01. The number of nitrogens with zero attached hydrogens (tertiary/aromatic N) is 2. The highest BCUT2D eigenvalue weighted by Gasteiger charge is 2.22. The van der Waals surface area contributed by atoms with Crippen LogP contribution in [0.15, 0.2) is 27.4 Å². The van der Waals surface area contributed by atoms with Gasteiger partial charge in [0.05, 0.1) is 16.3 Å². The molecule has 1 aromatic carbocycles. The fraction of sp³-hybridized carbons (Fsp3) is 0.471. The summed E-state index contributed by atoms with van der Waals surface area (Å²) in [7, 11) is 0. The van der Waals surface area contributed by atoms with Gasteiger partial charge in [0.2, 0.25) is 0 Å². The van der Waals surface area contributed by atoms with Crippen LogP contribution in [0.4, 0.5) is 0 Å². The molecule has 1 aliphatic rings. The number of hydrogen-bond donors (Lipinski definition) is 2. The van der Waals surface area contributed by atoms with E-state index < -0.39 is 6.10 Å². The Labute approximate surface area is 149 Å². The van der Waals surface area contributed by atoms with Gasteiger partial charge in [-0.25, -0.2) is 4.98 Å². The fourth-order valence-corrected chi connectivity index (χ4v) is 3.60. The van der Waals surface area contributed by atoms with Crippen molar-refractivity contribution in [2.75, 3.05) is 19.6 Å². The second-order valence-corrected chi connectivity index (χ2v) is 6.83. The Morgan fingerprint density at radius 3 is 3.04 bits per heavy atom. The smallest absolute Gasteiger partial charge is 0.181 e. The van der Waals surface area contributed by atoms with Crippen molar-refractivity contribution in [3.63, 3.8) is 0 Å². The minimum atomic E-state index is -0.470. The zero-order valence-electron chi connectivity index (χ0n) is 13.7. The average Bonchev–Trinajstić information content (AvgIpc) is 2.99. The predicted octanol–water partition coefficient (Wildman–Crippen LogP) is 2.00. The summed E-state index contributed by atoms with van der Waals surface area (Å²) < 4.78 is 12.2. The van der Waals surface area contributed by atoms with Crippen molar-refractivity contribution in [1.29, 1.82) is 0 Å². The van der Waals surface area contributed by atoms with Crippen LogP contribution in [0.1, 0.15) is 22.6 Å². The van der Waals surface area contributed by atoms with Gasteiger partial charge in [0.1, 0.15) is 12.4 Å². The highest BCUT2D eigenvalue weighted by Crippen LogP contribution is 2.35. The molecule has 1 atom stereocenters. The van der Waals surface area contributed by atoms with E-state index in [9.17, 15) is 5.11 Å². The lowest BCUT2D eigenvalue weighted by Gasteiger charge is -2.31. The van der Waals surface area contributed by atoms with Crippen LogP contribution in [0.2, 0.25) is 0 Å². The first kappa shape index (κ1) is 17.4. The quantitative estimate of drug-likeness (QED) is 0.777. The van der Waals surface area contributed by atoms with Gasteiger partial charge in [-0.2, -0.15) is 0 Å². The monoisotopic (exact) mass is 395 g/mol. The van der Waals surface area contributed by atoms with Crippen molar-refractivity contribution >= 4 is 15.9 Å². The van der Waals surface area contributed by atoms with E-state index >= 15 is 0 Å². The van der Waals surface area contributed by atoms with Gasteiger partial charge in [0, 0.05) is 26.2 Å². The molecule has 7 heteroatoms. The van der Waals surface area contributed by atoms with Crippen LogP contribution >= 0.6 is 15.9 Å². The molecule has 0 aliphatic carbocycles. The molecule has 0 bridgehead atoms. The summed E-state index contributed by atoms with van der Waals surface area (Å²) in [6, 6.07) is 4.06. The molecule has 3 rings (SSSR count). The maximum absolute atomic E-state index is 9.73. The molecule has 1 aliphatic heterocycles. The molecule has 2 aromatic rings. The Kier molecular flexibility index (Phi) is 5.55. The first-order chi connectivity index (χ1) is 11.6. The van der Waals surface area contributed by atoms with Gasteiger partial charge in [-0.05, 0) is 46.5 Å². The summed E-state index contributed by atoms with van der Waals surface area (Å²) in [5, 5.41) is 9.73. The van der Waals surface area contributed by atoms with E-state index in [4.69, 9.17) is 14.9 Å². The van der Waals surface area contributed by atoms with Crippen LogP contribution in [-0.4, -0.2) is 40.7 Å². The van der Waals surface area contributed by atoms with Gasteiger partial charge >= 0.3 is 0 Å². The number of oxazole rings is 1. The third-order valence-electron chi connectivity index (χ3n) is 4.32. The van der Waals surface area contributed by atoms with Crippen molar-refractivity contribution in [2.24, 2.45) is 5.73 Å². The highest BCUT2D eigenvalue weighted by atomic mass is 79.9. The molecule has 2 heterocycles. The van der Waals surface area contributed by atoms with Gasteiger partial charge in [-0.1, -0.05) is 6.07 Å². The van der Waals surface area contributed by atoms with Crippen LogP contribution in [-0.2, 0) is 19.6 Å². The van der Waals surface area contributed by atoms with E-state index in [1.807, 2.05) is 13.0 Å². The van der Waals surface area contributed by atoms with E-state index in [-0.39, 0.29) is 0 Å². The first-order valence-corrected chi connectivity index (χ1v) is 8.80. The van der Waals surface area contributed by atoms with Crippen molar-refractivity contribution in [3.05, 3.63) is 45.6 Å². The third-order valence-corrected chi connectivity index (χ3v) is 5.19. The zero-order valence-corrected chi connectivity index (χ0v) is 15.3. The number of ether oxygens (including phenoxy) is 1. The summed E-state index contributed by atoms with van der Waals surface area (Å²) in [5.41, 5.74) is 8.86. The number of benzene rings is 1. The normalized spacial score (nSPS) is 16.0. The van der Waals surface area contributed by atoms with Crippen molar-refractivity contribution in [3.8, 4) is 5.75 Å². The molecule has 0 fully saturated rings. The van der Waals surface area contributed by atoms with E-state index in [1.165, 1.54) is 17.5 Å². The number of hydrogen-bond acceptors (Lipinski definition) is 6. The van der Waals surface area contributed by atoms with Gasteiger partial charge in [0.25, 0.3) is 0 Å². The molecule has 0 amide bonds. The predicted molar refractivity (Wildman–Crippen MR) is 93.8 cm³/mol. The minimum absolute atomic E-state index is 0.293. The standard InChI is InChI=1S/C17H22BrN3O3/c1-11-16(24-10-20-11)9-23-15-3-2-12-7-21(8-13(22)6-19)5-4-14(12)17(15)18/h2-3,10,13,22H,4-9,19H2,1H3. The van der Waals surface area contributed by atoms with Gasteiger partial charge < -0.3 is 20.0 Å². The number of fused-ring (bicyclic) bond motifs is 1. The van der Waals surface area contributed by atoms with Crippen molar-refractivity contribution < 1.29 is 14.3 Å². The molecule has 0 radical (unpaired) electrons. The number of rotatable bonds is 6. The number of aliphatic hydroxyl groups is 1. The van der Waals surface area contributed by atoms with E-state index in [1.54, 1.807) is 0 Å². The number of aliphatic hydroxyl groups excluding tert-OH is 1. The second-order valence-electron chi connectivity index (χ2n) is 6.04. The second kappa shape index (κ2) is 7.65. The van der Waals surface area contributed by atoms with E-state index in [0.717, 1.165) is 41.2 Å². The van der Waals surface area contributed by atoms with Gasteiger partial charge in [0.15, 0.2) is 12.2 Å². The number of β-amino-alcohol motifs (C(OH)–C–C–N with tert-alkyl or cyclic N) is 1. The lowest BCUT2D eigenvalue weighted by molar-refractivity contribution is 0.111. The molecule has 0 saturated heterocycles. The maximum atomic E-state index is 9.73. The average molecular weight is 396 g/mol. The third kappa shape index (κ3) is 3.80. The Hall–Kier alpha value is -1.41. The van der Waals surface area contributed by atoms with Crippen LogP contribution in [0.3, 0.4) is 0 Å². The highest BCUT2D eigenvalue weighted by molar-refractivity contribution is 9.10. The number of nitrogens with two attached hydrogens (primary N) is 1. The topological polar surface area (TPSA) is 84.8 Å². The Morgan fingerprint density at radius 1 is 1.50 bits per heavy atom. The summed E-state index contributed by atoms with van der Waals surface area (Å²) in [4.78, 5) is 6.29. The van der Waals surface area contributed by atoms with Crippen LogP contribution in [0.5, 0.6) is 5.75 Å². The summed E-state index contributed by atoms with van der Waals surface area (Å²) in [5.74, 6) is 1.54. The minimum Gasteiger partial charge on any atom is -0.484 e. The lowest BCUT2D eigenvalue weighted by Crippen LogP contribution is -2.39. The lowest BCUT2D eigenvalue weighted by atomic mass is 9.99. The summed E-state index contributed by atoms with van der Waals surface area (Å²) in [6.45, 7) is 4.86. The van der Waals surface area contributed by atoms with Gasteiger partial charge in [-0.15, -0.1) is 0 Å². The molecule has 0 spiro atoms. The molecular weight excluding hydrogens is 374 g/mol. The van der Waals surface area contributed by atoms with Gasteiger partial charge in [-0.3, -0.25) is 4.90 Å². The van der Waals surface area contributed by atoms with Crippen LogP contribution < -0.4 is 10.5 Å². The number of aryl methyl sites for hydroxylation is 1.